The highest BCUT2D eigenvalue weighted by molar-refractivity contribution is 5.07. The molecule has 1 atom stereocenters. The van der Waals surface area contributed by atoms with Crippen LogP contribution in [0, 0.1) is 0 Å². The van der Waals surface area contributed by atoms with E-state index in [2.05, 4.69) is 21.9 Å². The van der Waals surface area contributed by atoms with Gasteiger partial charge in [0.1, 0.15) is 11.6 Å². The van der Waals surface area contributed by atoms with Crippen molar-refractivity contribution in [2.45, 2.75) is 25.9 Å². The van der Waals surface area contributed by atoms with Crippen LogP contribution in [0.15, 0.2) is 35.2 Å². The molecule has 5 nitrogen and oxygen atoms in total. The topological polar surface area (TPSA) is 69.0 Å². The van der Waals surface area contributed by atoms with Crippen LogP contribution in [0.25, 0.3) is 0 Å². The van der Waals surface area contributed by atoms with Gasteiger partial charge in [-0.3, -0.25) is 5.84 Å². The molecule has 0 saturated heterocycles. The molecule has 0 aliphatic heterocycles. The van der Waals surface area contributed by atoms with Gasteiger partial charge < -0.3 is 8.98 Å². The van der Waals surface area contributed by atoms with Gasteiger partial charge in [0.2, 0.25) is 0 Å². The quantitative estimate of drug-likeness (QED) is 0.587. The molecule has 0 aliphatic rings. The van der Waals surface area contributed by atoms with Gasteiger partial charge in [0.25, 0.3) is 0 Å². The van der Waals surface area contributed by atoms with Crippen LogP contribution >= 0.6 is 0 Å². The minimum absolute atomic E-state index is 0.0392. The van der Waals surface area contributed by atoms with Crippen molar-refractivity contribution in [3.8, 4) is 0 Å². The van der Waals surface area contributed by atoms with E-state index in [1.165, 1.54) is 0 Å². The summed E-state index contributed by atoms with van der Waals surface area (Å²) in [6, 6.07) is 3.72. The first-order chi connectivity index (χ1) is 7.85. The van der Waals surface area contributed by atoms with E-state index in [9.17, 15) is 0 Å². The Kier molecular flexibility index (Phi) is 3.38. The number of nitrogens with zero attached hydrogens (tertiary/aromatic N) is 2. The number of hydrogen-bond acceptors (Lipinski definition) is 4. The standard InChI is InChI=1S/C11H16N4O/c1-2-15-6-5-13-11(15)8-9(14-12)10-4-3-7-16-10/h3-7,9,14H,2,8,12H2,1H3. The number of aryl methyl sites for hydroxylation is 1. The van der Waals surface area contributed by atoms with Crippen molar-refractivity contribution in [1.82, 2.24) is 15.0 Å². The molecule has 5 heteroatoms. The Balaban J connectivity index is 2.13. The van der Waals surface area contributed by atoms with Crippen molar-refractivity contribution in [2.75, 3.05) is 0 Å². The largest absolute Gasteiger partial charge is 0.468 e. The maximum absolute atomic E-state index is 5.53. The second kappa shape index (κ2) is 4.96. The highest BCUT2D eigenvalue weighted by atomic mass is 16.3. The maximum atomic E-state index is 5.53. The Hall–Kier alpha value is -1.59. The molecule has 0 bridgehead atoms. The van der Waals surface area contributed by atoms with E-state index >= 15 is 0 Å². The zero-order valence-corrected chi connectivity index (χ0v) is 9.26. The third-order valence-electron chi connectivity index (χ3n) is 2.62. The van der Waals surface area contributed by atoms with Crippen molar-refractivity contribution in [1.29, 1.82) is 0 Å². The van der Waals surface area contributed by atoms with Crippen LogP contribution in [0.2, 0.25) is 0 Å². The highest BCUT2D eigenvalue weighted by Gasteiger charge is 2.15. The van der Waals surface area contributed by atoms with Gasteiger partial charge in [-0.05, 0) is 19.1 Å². The van der Waals surface area contributed by atoms with Crippen LogP contribution in [0.4, 0.5) is 0 Å². The molecule has 1 unspecified atom stereocenters. The molecule has 2 heterocycles. The smallest absolute Gasteiger partial charge is 0.122 e. The fraction of sp³-hybridized carbons (Fsp3) is 0.364. The molecule has 0 amide bonds. The van der Waals surface area contributed by atoms with Crippen LogP contribution in [0.1, 0.15) is 24.6 Å². The first-order valence-corrected chi connectivity index (χ1v) is 5.34. The number of rotatable bonds is 5. The molecular weight excluding hydrogens is 204 g/mol. The van der Waals surface area contributed by atoms with Crippen molar-refractivity contribution in [2.24, 2.45) is 5.84 Å². The minimum Gasteiger partial charge on any atom is -0.468 e. The lowest BCUT2D eigenvalue weighted by molar-refractivity contribution is 0.407. The first-order valence-electron chi connectivity index (χ1n) is 5.34. The number of nitrogens with one attached hydrogen (secondary N) is 1. The number of furan rings is 1. The van der Waals surface area contributed by atoms with E-state index in [0.717, 1.165) is 18.1 Å². The van der Waals surface area contributed by atoms with E-state index in [-0.39, 0.29) is 6.04 Å². The lowest BCUT2D eigenvalue weighted by Crippen LogP contribution is -2.30. The van der Waals surface area contributed by atoms with Crippen molar-refractivity contribution < 1.29 is 4.42 Å². The van der Waals surface area contributed by atoms with Crippen molar-refractivity contribution in [3.05, 3.63) is 42.4 Å². The Morgan fingerprint density at radius 3 is 3.12 bits per heavy atom. The molecule has 0 aromatic carbocycles. The predicted octanol–water partition coefficient (Wildman–Crippen LogP) is 1.24. The van der Waals surface area contributed by atoms with Gasteiger partial charge in [-0.2, -0.15) is 0 Å². The number of hydrazine groups is 1. The third-order valence-corrected chi connectivity index (χ3v) is 2.62. The summed E-state index contributed by atoms with van der Waals surface area (Å²) in [4.78, 5) is 4.31. The van der Waals surface area contributed by atoms with Crippen LogP contribution in [-0.4, -0.2) is 9.55 Å². The summed E-state index contributed by atoms with van der Waals surface area (Å²) in [5.74, 6) is 7.35. The maximum Gasteiger partial charge on any atom is 0.122 e. The van der Waals surface area contributed by atoms with Gasteiger partial charge in [0.15, 0.2) is 0 Å². The Morgan fingerprint density at radius 2 is 2.50 bits per heavy atom. The van der Waals surface area contributed by atoms with Gasteiger partial charge in [0, 0.05) is 25.4 Å². The second-order valence-corrected chi connectivity index (χ2v) is 3.57. The molecule has 2 aromatic heterocycles. The van der Waals surface area contributed by atoms with Gasteiger partial charge in [-0.15, -0.1) is 0 Å². The molecule has 86 valence electrons. The van der Waals surface area contributed by atoms with Crippen LogP contribution in [0.3, 0.4) is 0 Å². The first kappa shape index (κ1) is 10.9. The van der Waals surface area contributed by atoms with Crippen LogP contribution < -0.4 is 11.3 Å². The number of aromatic nitrogens is 2. The second-order valence-electron chi connectivity index (χ2n) is 3.57. The normalized spacial score (nSPS) is 12.9. The molecule has 16 heavy (non-hydrogen) atoms. The lowest BCUT2D eigenvalue weighted by atomic mass is 10.1. The highest BCUT2D eigenvalue weighted by Crippen LogP contribution is 2.17. The lowest BCUT2D eigenvalue weighted by Gasteiger charge is -2.13. The van der Waals surface area contributed by atoms with E-state index in [4.69, 9.17) is 10.3 Å². The molecule has 2 aromatic rings. The fourth-order valence-corrected chi connectivity index (χ4v) is 1.73. The van der Waals surface area contributed by atoms with Gasteiger partial charge in [0.05, 0.1) is 12.3 Å². The summed E-state index contributed by atoms with van der Waals surface area (Å²) >= 11 is 0. The number of imidazole rings is 1. The average molecular weight is 220 g/mol. The molecule has 2 rings (SSSR count). The summed E-state index contributed by atoms with van der Waals surface area (Å²) in [6.07, 6.45) is 6.12. The molecular formula is C11H16N4O. The molecule has 0 spiro atoms. The van der Waals surface area contributed by atoms with Gasteiger partial charge >= 0.3 is 0 Å². The Labute approximate surface area is 94.2 Å². The number of nitrogens with two attached hydrogens (primary N) is 1. The minimum atomic E-state index is -0.0392. The van der Waals surface area contributed by atoms with E-state index in [1.807, 2.05) is 18.3 Å². The Bertz CT molecular complexity index is 421. The van der Waals surface area contributed by atoms with E-state index in [0.29, 0.717) is 6.42 Å². The fourth-order valence-electron chi connectivity index (χ4n) is 1.73. The Morgan fingerprint density at radius 1 is 1.62 bits per heavy atom. The van der Waals surface area contributed by atoms with Crippen molar-refractivity contribution >= 4 is 0 Å². The molecule has 3 N–H and O–H groups in total. The van der Waals surface area contributed by atoms with E-state index in [1.54, 1.807) is 12.5 Å². The molecule has 0 fully saturated rings. The summed E-state index contributed by atoms with van der Waals surface area (Å²) < 4.78 is 7.42. The summed E-state index contributed by atoms with van der Waals surface area (Å²) in [5, 5.41) is 0. The third kappa shape index (κ3) is 2.15. The van der Waals surface area contributed by atoms with Crippen LogP contribution in [0.5, 0.6) is 0 Å². The van der Waals surface area contributed by atoms with Crippen molar-refractivity contribution in [3.63, 3.8) is 0 Å². The van der Waals surface area contributed by atoms with Crippen LogP contribution in [-0.2, 0) is 13.0 Å². The molecule has 0 aliphatic carbocycles. The summed E-state index contributed by atoms with van der Waals surface area (Å²) in [7, 11) is 0. The molecule has 0 radical (unpaired) electrons. The summed E-state index contributed by atoms with van der Waals surface area (Å²) in [6.45, 7) is 2.99. The SMILES string of the molecule is CCn1ccnc1CC(NN)c1ccco1. The zero-order chi connectivity index (χ0) is 11.4. The van der Waals surface area contributed by atoms with Gasteiger partial charge in [-0.1, -0.05) is 0 Å². The monoisotopic (exact) mass is 220 g/mol. The zero-order valence-electron chi connectivity index (χ0n) is 9.26. The van der Waals surface area contributed by atoms with Gasteiger partial charge in [-0.25, -0.2) is 10.4 Å². The average Bonchev–Trinajstić information content (AvgIpc) is 2.96. The number of hydrogen-bond donors (Lipinski definition) is 2. The molecule has 0 saturated carbocycles. The predicted molar refractivity (Wildman–Crippen MR) is 60.4 cm³/mol. The summed E-state index contributed by atoms with van der Waals surface area (Å²) in [5.41, 5.74) is 2.75. The van der Waals surface area contributed by atoms with E-state index < -0.39 is 0 Å².